The van der Waals surface area contributed by atoms with Crippen LogP contribution in [0, 0.1) is 13.8 Å². The van der Waals surface area contributed by atoms with Crippen molar-refractivity contribution in [3.63, 3.8) is 0 Å². The van der Waals surface area contributed by atoms with Crippen molar-refractivity contribution in [2.45, 2.75) is 20.4 Å². The molecular formula is C14H16N2O. The first-order valence-electron chi connectivity index (χ1n) is 5.61. The van der Waals surface area contributed by atoms with Crippen LogP contribution in [0.2, 0.25) is 0 Å². The van der Waals surface area contributed by atoms with E-state index in [9.17, 15) is 0 Å². The van der Waals surface area contributed by atoms with Gasteiger partial charge in [0.15, 0.2) is 0 Å². The van der Waals surface area contributed by atoms with E-state index < -0.39 is 0 Å². The van der Waals surface area contributed by atoms with Gasteiger partial charge in [-0.25, -0.2) is 4.98 Å². The van der Waals surface area contributed by atoms with E-state index in [0.717, 1.165) is 22.6 Å². The van der Waals surface area contributed by atoms with E-state index >= 15 is 0 Å². The summed E-state index contributed by atoms with van der Waals surface area (Å²) in [6, 6.07) is 11.7. The van der Waals surface area contributed by atoms with E-state index in [0.29, 0.717) is 12.4 Å². The van der Waals surface area contributed by atoms with Crippen LogP contribution in [0.3, 0.4) is 0 Å². The van der Waals surface area contributed by atoms with Crippen LogP contribution in [0.5, 0.6) is 11.6 Å². The number of aromatic nitrogens is 1. The Morgan fingerprint density at radius 1 is 1.12 bits per heavy atom. The fourth-order valence-electron chi connectivity index (χ4n) is 1.62. The van der Waals surface area contributed by atoms with Crippen molar-refractivity contribution in [2.75, 3.05) is 0 Å². The van der Waals surface area contributed by atoms with Crippen LogP contribution in [-0.2, 0) is 6.54 Å². The van der Waals surface area contributed by atoms with E-state index in [-0.39, 0.29) is 0 Å². The number of aryl methyl sites for hydroxylation is 2. The minimum Gasteiger partial charge on any atom is -0.439 e. The third kappa shape index (κ3) is 2.63. The minimum absolute atomic E-state index is 0.503. The Balaban J connectivity index is 2.25. The maximum Gasteiger partial charge on any atom is 0.219 e. The molecule has 0 saturated carbocycles. The van der Waals surface area contributed by atoms with Crippen molar-refractivity contribution in [3.8, 4) is 11.6 Å². The molecular weight excluding hydrogens is 212 g/mol. The summed E-state index contributed by atoms with van der Waals surface area (Å²) in [6.07, 6.45) is 0. The molecule has 88 valence electrons. The largest absolute Gasteiger partial charge is 0.439 e. The van der Waals surface area contributed by atoms with Crippen molar-refractivity contribution in [3.05, 3.63) is 53.2 Å². The second-order valence-corrected chi connectivity index (χ2v) is 3.97. The van der Waals surface area contributed by atoms with Gasteiger partial charge in [-0.2, -0.15) is 0 Å². The summed E-state index contributed by atoms with van der Waals surface area (Å²) in [4.78, 5) is 4.38. The summed E-state index contributed by atoms with van der Waals surface area (Å²) in [5.41, 5.74) is 8.65. The SMILES string of the molecule is Cc1ccccc1Oc1ccc(CN)c(C)n1. The van der Waals surface area contributed by atoms with Crippen LogP contribution >= 0.6 is 0 Å². The number of nitrogens with zero attached hydrogens (tertiary/aromatic N) is 1. The number of ether oxygens (including phenoxy) is 1. The first kappa shape index (κ1) is 11.6. The third-order valence-electron chi connectivity index (χ3n) is 2.70. The summed E-state index contributed by atoms with van der Waals surface area (Å²) < 4.78 is 5.74. The maximum atomic E-state index is 5.74. The lowest BCUT2D eigenvalue weighted by atomic mass is 10.2. The molecule has 1 aromatic heterocycles. The second-order valence-electron chi connectivity index (χ2n) is 3.97. The molecule has 0 fully saturated rings. The molecule has 3 nitrogen and oxygen atoms in total. The Hall–Kier alpha value is -1.87. The monoisotopic (exact) mass is 228 g/mol. The van der Waals surface area contributed by atoms with Crippen molar-refractivity contribution < 1.29 is 4.74 Å². The number of benzene rings is 1. The molecule has 1 aromatic carbocycles. The average Bonchev–Trinajstić information content (AvgIpc) is 2.32. The van der Waals surface area contributed by atoms with Gasteiger partial charge in [0.1, 0.15) is 5.75 Å². The lowest BCUT2D eigenvalue weighted by molar-refractivity contribution is 0.457. The van der Waals surface area contributed by atoms with Gasteiger partial charge in [0.05, 0.1) is 0 Å². The first-order chi connectivity index (χ1) is 8.20. The molecule has 2 N–H and O–H groups in total. The molecule has 0 atom stereocenters. The zero-order valence-corrected chi connectivity index (χ0v) is 10.1. The number of nitrogens with two attached hydrogens (primary N) is 1. The van der Waals surface area contributed by atoms with Gasteiger partial charge in [0, 0.05) is 18.3 Å². The Kier molecular flexibility index (Phi) is 3.40. The van der Waals surface area contributed by atoms with Crippen LogP contribution in [0.4, 0.5) is 0 Å². The minimum atomic E-state index is 0.503. The fourth-order valence-corrected chi connectivity index (χ4v) is 1.62. The van der Waals surface area contributed by atoms with Gasteiger partial charge >= 0.3 is 0 Å². The van der Waals surface area contributed by atoms with Crippen molar-refractivity contribution >= 4 is 0 Å². The van der Waals surface area contributed by atoms with E-state index in [1.54, 1.807) is 0 Å². The molecule has 0 amide bonds. The lowest BCUT2D eigenvalue weighted by Crippen LogP contribution is -2.01. The van der Waals surface area contributed by atoms with Gasteiger partial charge in [-0.3, -0.25) is 0 Å². The topological polar surface area (TPSA) is 48.1 Å². The fraction of sp³-hybridized carbons (Fsp3) is 0.214. The maximum absolute atomic E-state index is 5.74. The smallest absolute Gasteiger partial charge is 0.219 e. The average molecular weight is 228 g/mol. The number of hydrogen-bond acceptors (Lipinski definition) is 3. The molecule has 3 heteroatoms. The lowest BCUT2D eigenvalue weighted by Gasteiger charge is -2.09. The normalized spacial score (nSPS) is 10.3. The van der Waals surface area contributed by atoms with E-state index in [4.69, 9.17) is 10.5 Å². The zero-order chi connectivity index (χ0) is 12.3. The summed E-state index contributed by atoms with van der Waals surface area (Å²) >= 11 is 0. The molecule has 2 aromatic rings. The highest BCUT2D eigenvalue weighted by molar-refractivity contribution is 5.35. The zero-order valence-electron chi connectivity index (χ0n) is 10.1. The Labute approximate surface area is 101 Å². The molecule has 17 heavy (non-hydrogen) atoms. The second kappa shape index (κ2) is 4.97. The molecule has 0 aliphatic heterocycles. The molecule has 1 heterocycles. The van der Waals surface area contributed by atoms with Gasteiger partial charge in [-0.1, -0.05) is 24.3 Å². The standard InChI is InChI=1S/C14H16N2O/c1-10-5-3-4-6-13(10)17-14-8-7-12(9-15)11(2)16-14/h3-8H,9,15H2,1-2H3. The molecule has 0 saturated heterocycles. The highest BCUT2D eigenvalue weighted by Gasteiger charge is 2.04. The third-order valence-corrected chi connectivity index (χ3v) is 2.70. The number of para-hydroxylation sites is 1. The van der Waals surface area contributed by atoms with Crippen LogP contribution in [0.25, 0.3) is 0 Å². The molecule has 0 spiro atoms. The van der Waals surface area contributed by atoms with E-state index in [1.807, 2.05) is 50.2 Å². The van der Waals surface area contributed by atoms with Gasteiger partial charge in [0.2, 0.25) is 5.88 Å². The molecule has 2 rings (SSSR count). The predicted octanol–water partition coefficient (Wildman–Crippen LogP) is 2.95. The molecule has 0 aliphatic carbocycles. The molecule has 0 unspecified atom stereocenters. The Morgan fingerprint density at radius 2 is 1.88 bits per heavy atom. The summed E-state index contributed by atoms with van der Waals surface area (Å²) in [5.74, 6) is 1.44. The van der Waals surface area contributed by atoms with Crippen LogP contribution in [0.1, 0.15) is 16.8 Å². The van der Waals surface area contributed by atoms with Crippen molar-refractivity contribution in [1.82, 2.24) is 4.98 Å². The number of rotatable bonds is 3. The van der Waals surface area contributed by atoms with Gasteiger partial charge in [-0.05, 0) is 31.0 Å². The molecule has 0 bridgehead atoms. The van der Waals surface area contributed by atoms with E-state index in [1.165, 1.54) is 0 Å². The highest BCUT2D eigenvalue weighted by atomic mass is 16.5. The number of hydrogen-bond donors (Lipinski definition) is 1. The molecule has 0 aliphatic rings. The number of pyridine rings is 1. The van der Waals surface area contributed by atoms with Gasteiger partial charge in [-0.15, -0.1) is 0 Å². The quantitative estimate of drug-likeness (QED) is 0.878. The predicted molar refractivity (Wildman–Crippen MR) is 68.1 cm³/mol. The summed E-state index contributed by atoms with van der Waals surface area (Å²) in [7, 11) is 0. The van der Waals surface area contributed by atoms with Crippen LogP contribution < -0.4 is 10.5 Å². The highest BCUT2D eigenvalue weighted by Crippen LogP contribution is 2.23. The van der Waals surface area contributed by atoms with Crippen molar-refractivity contribution in [1.29, 1.82) is 0 Å². The molecule has 0 radical (unpaired) electrons. The Morgan fingerprint density at radius 3 is 2.53 bits per heavy atom. The first-order valence-corrected chi connectivity index (χ1v) is 5.61. The summed E-state index contributed by atoms with van der Waals surface area (Å²) in [6.45, 7) is 4.45. The summed E-state index contributed by atoms with van der Waals surface area (Å²) in [5, 5.41) is 0. The van der Waals surface area contributed by atoms with Crippen LogP contribution in [-0.4, -0.2) is 4.98 Å². The van der Waals surface area contributed by atoms with Gasteiger partial charge in [0.25, 0.3) is 0 Å². The van der Waals surface area contributed by atoms with Crippen LogP contribution in [0.15, 0.2) is 36.4 Å². The van der Waals surface area contributed by atoms with E-state index in [2.05, 4.69) is 4.98 Å². The van der Waals surface area contributed by atoms with Gasteiger partial charge < -0.3 is 10.5 Å². The van der Waals surface area contributed by atoms with Crippen molar-refractivity contribution in [2.24, 2.45) is 5.73 Å². The Bertz CT molecular complexity index is 523.